The summed E-state index contributed by atoms with van der Waals surface area (Å²) in [5.74, 6) is 1.97. The lowest BCUT2D eigenvalue weighted by molar-refractivity contribution is 0.0501. The molecule has 0 atom stereocenters. The summed E-state index contributed by atoms with van der Waals surface area (Å²) in [7, 11) is 1.59. The van der Waals surface area contributed by atoms with E-state index in [9.17, 15) is 4.79 Å². The maximum Gasteiger partial charge on any atom is 0.376 e. The fourth-order valence-corrected chi connectivity index (χ4v) is 3.79. The van der Waals surface area contributed by atoms with Gasteiger partial charge in [-0.05, 0) is 19.1 Å². The number of fused-ring (bicyclic) bond motifs is 4. The molecule has 0 saturated carbocycles. The van der Waals surface area contributed by atoms with Crippen LogP contribution in [0.4, 0.5) is 5.95 Å². The van der Waals surface area contributed by atoms with E-state index in [0.717, 1.165) is 5.39 Å². The molecule has 0 aliphatic carbocycles. The zero-order chi connectivity index (χ0) is 21.5. The van der Waals surface area contributed by atoms with Crippen LogP contribution >= 0.6 is 0 Å². The van der Waals surface area contributed by atoms with Crippen molar-refractivity contribution in [3.05, 3.63) is 35.7 Å². The van der Waals surface area contributed by atoms with E-state index in [2.05, 4.69) is 25.2 Å². The van der Waals surface area contributed by atoms with E-state index < -0.39 is 5.97 Å². The molecule has 0 spiro atoms. The van der Waals surface area contributed by atoms with E-state index in [0.29, 0.717) is 61.3 Å². The Balaban J connectivity index is 1.42. The zero-order valence-electron chi connectivity index (χ0n) is 17.1. The summed E-state index contributed by atoms with van der Waals surface area (Å²) in [6.45, 7) is 4.34. The molecular weight excluding hydrogens is 402 g/mol. The minimum Gasteiger partial charge on any atom is -0.494 e. The molecular formula is C19H21N9O3. The predicted molar refractivity (Wildman–Crippen MR) is 109 cm³/mol. The largest absolute Gasteiger partial charge is 0.494 e. The van der Waals surface area contributed by atoms with E-state index >= 15 is 0 Å². The fraction of sp³-hybridized carbons (Fsp3) is 0.368. The van der Waals surface area contributed by atoms with Crippen molar-refractivity contribution in [3.8, 4) is 5.75 Å². The highest BCUT2D eigenvalue weighted by atomic mass is 16.5. The molecule has 160 valence electrons. The Morgan fingerprint density at radius 3 is 2.90 bits per heavy atom. The quantitative estimate of drug-likeness (QED) is 0.455. The molecule has 5 rings (SSSR count). The molecule has 3 aromatic heterocycles. The highest BCUT2D eigenvalue weighted by molar-refractivity contribution is 5.95. The topological polar surface area (TPSA) is 139 Å². The summed E-state index contributed by atoms with van der Waals surface area (Å²) in [5.41, 5.74) is 7.40. The smallest absolute Gasteiger partial charge is 0.376 e. The first-order valence-corrected chi connectivity index (χ1v) is 9.88. The minimum absolute atomic E-state index is 0.238. The number of methoxy groups -OCH3 is 1. The molecule has 1 aromatic carbocycles. The molecule has 0 unspecified atom stereocenters. The number of nitrogens with two attached hydrogens (primary N) is 1. The maximum absolute atomic E-state index is 12.0. The van der Waals surface area contributed by atoms with Crippen LogP contribution in [0.15, 0.2) is 18.2 Å². The number of anilines is 1. The third-order valence-corrected chi connectivity index (χ3v) is 5.21. The number of aromatic nitrogens is 7. The lowest BCUT2D eigenvalue weighted by atomic mass is 10.2. The van der Waals surface area contributed by atoms with Crippen LogP contribution in [0.1, 0.15) is 29.2 Å². The number of hydrogen-bond acceptors (Lipinski definition) is 10. The van der Waals surface area contributed by atoms with Crippen LogP contribution in [-0.4, -0.2) is 65.5 Å². The van der Waals surface area contributed by atoms with Gasteiger partial charge in [0, 0.05) is 18.5 Å². The molecule has 0 fully saturated rings. The number of para-hydroxylation sites is 1. The van der Waals surface area contributed by atoms with E-state index in [1.165, 1.54) is 0 Å². The first-order chi connectivity index (χ1) is 15.1. The lowest BCUT2D eigenvalue weighted by Gasteiger charge is -2.26. The zero-order valence-corrected chi connectivity index (χ0v) is 17.1. The molecule has 4 heterocycles. The summed E-state index contributed by atoms with van der Waals surface area (Å²) in [6.07, 6.45) is 0. The van der Waals surface area contributed by atoms with Gasteiger partial charge in [-0.15, -0.1) is 15.3 Å². The van der Waals surface area contributed by atoms with E-state index in [1.807, 2.05) is 18.2 Å². The standard InChI is InChI=1S/C19H21N9O3/c1-3-31-18(29)17-24-23-14-10-26(7-8-27(14)17)9-13-21-16-11-5-4-6-12(30-2)15(11)22-19(20)28(16)25-13/h4-6H,3,7-10H2,1-2H3,(H2,20,22). The van der Waals surface area contributed by atoms with Crippen molar-refractivity contribution in [2.24, 2.45) is 0 Å². The SMILES string of the molecule is CCOC(=O)c1nnc2n1CCN(Cc1nc3c4cccc(OC)c4nc(N)n3n1)C2. The van der Waals surface area contributed by atoms with E-state index in [4.69, 9.17) is 20.2 Å². The first kappa shape index (κ1) is 19.2. The van der Waals surface area contributed by atoms with Crippen molar-refractivity contribution in [2.75, 3.05) is 26.0 Å². The van der Waals surface area contributed by atoms with Gasteiger partial charge in [-0.3, -0.25) is 4.90 Å². The number of nitrogens with zero attached hydrogens (tertiary/aromatic N) is 8. The fourth-order valence-electron chi connectivity index (χ4n) is 3.79. The van der Waals surface area contributed by atoms with E-state index in [1.54, 1.807) is 23.1 Å². The van der Waals surface area contributed by atoms with Gasteiger partial charge < -0.3 is 19.8 Å². The minimum atomic E-state index is -0.456. The molecule has 0 amide bonds. The van der Waals surface area contributed by atoms with Crippen molar-refractivity contribution in [3.63, 3.8) is 0 Å². The molecule has 0 radical (unpaired) electrons. The number of ether oxygens (including phenoxy) is 2. The Hall–Kier alpha value is -3.80. The summed E-state index contributed by atoms with van der Waals surface area (Å²) in [5, 5.41) is 13.5. The molecule has 31 heavy (non-hydrogen) atoms. The molecule has 12 heteroatoms. The third kappa shape index (κ3) is 3.20. The van der Waals surface area contributed by atoms with Crippen LogP contribution in [-0.2, 0) is 24.4 Å². The number of carbonyl (C=O) groups excluding carboxylic acids is 1. The van der Waals surface area contributed by atoms with Crippen LogP contribution in [0.5, 0.6) is 5.75 Å². The average molecular weight is 423 g/mol. The number of esters is 1. The third-order valence-electron chi connectivity index (χ3n) is 5.21. The molecule has 1 aliphatic heterocycles. The second-order valence-electron chi connectivity index (χ2n) is 7.11. The van der Waals surface area contributed by atoms with Crippen LogP contribution in [0.25, 0.3) is 16.6 Å². The molecule has 12 nitrogen and oxygen atoms in total. The summed E-state index contributed by atoms with van der Waals surface area (Å²) in [6, 6.07) is 5.63. The van der Waals surface area contributed by atoms with E-state index in [-0.39, 0.29) is 11.8 Å². The lowest BCUT2D eigenvalue weighted by Crippen LogP contribution is -2.34. The Bertz CT molecular complexity index is 1300. The highest BCUT2D eigenvalue weighted by Crippen LogP contribution is 2.27. The second-order valence-corrected chi connectivity index (χ2v) is 7.11. The van der Waals surface area contributed by atoms with Crippen molar-refractivity contribution < 1.29 is 14.3 Å². The van der Waals surface area contributed by atoms with Crippen LogP contribution in [0.2, 0.25) is 0 Å². The highest BCUT2D eigenvalue weighted by Gasteiger charge is 2.26. The van der Waals surface area contributed by atoms with Gasteiger partial charge in [0.15, 0.2) is 11.5 Å². The van der Waals surface area contributed by atoms with Gasteiger partial charge in [-0.1, -0.05) is 6.07 Å². The van der Waals surface area contributed by atoms with Crippen molar-refractivity contribution in [1.82, 2.24) is 39.2 Å². The number of rotatable bonds is 5. The van der Waals surface area contributed by atoms with Gasteiger partial charge in [-0.25, -0.2) is 14.8 Å². The first-order valence-electron chi connectivity index (χ1n) is 9.88. The Morgan fingerprint density at radius 2 is 2.10 bits per heavy atom. The molecule has 0 saturated heterocycles. The molecule has 2 N–H and O–H groups in total. The predicted octanol–water partition coefficient (Wildman–Crippen LogP) is 0.652. The van der Waals surface area contributed by atoms with Gasteiger partial charge >= 0.3 is 5.97 Å². The molecule has 1 aliphatic rings. The van der Waals surface area contributed by atoms with Crippen LogP contribution in [0, 0.1) is 0 Å². The Labute approximate surface area is 176 Å². The van der Waals surface area contributed by atoms with Crippen molar-refractivity contribution in [2.45, 2.75) is 26.6 Å². The van der Waals surface area contributed by atoms with Crippen molar-refractivity contribution in [1.29, 1.82) is 0 Å². The number of benzene rings is 1. The van der Waals surface area contributed by atoms with Gasteiger partial charge in [-0.2, -0.15) is 4.52 Å². The normalized spacial score (nSPS) is 14.1. The van der Waals surface area contributed by atoms with Gasteiger partial charge in [0.2, 0.25) is 11.8 Å². The molecule has 4 aromatic rings. The van der Waals surface area contributed by atoms with Gasteiger partial charge in [0.25, 0.3) is 0 Å². The van der Waals surface area contributed by atoms with Gasteiger partial charge in [0.1, 0.15) is 17.1 Å². The number of hydrogen-bond donors (Lipinski definition) is 1. The molecule has 0 bridgehead atoms. The summed E-state index contributed by atoms with van der Waals surface area (Å²) in [4.78, 5) is 23.3. The Kier molecular flexibility index (Phi) is 4.62. The van der Waals surface area contributed by atoms with Gasteiger partial charge in [0.05, 0.1) is 26.8 Å². The van der Waals surface area contributed by atoms with Crippen LogP contribution < -0.4 is 10.5 Å². The monoisotopic (exact) mass is 423 g/mol. The summed E-state index contributed by atoms with van der Waals surface area (Å²) < 4.78 is 13.8. The second kappa shape index (κ2) is 7.47. The van der Waals surface area contributed by atoms with Crippen LogP contribution in [0.3, 0.4) is 0 Å². The number of nitrogen functional groups attached to an aromatic ring is 1. The number of carbonyl (C=O) groups is 1. The summed E-state index contributed by atoms with van der Waals surface area (Å²) >= 11 is 0. The van der Waals surface area contributed by atoms with Crippen molar-refractivity contribution >= 4 is 28.5 Å². The maximum atomic E-state index is 12.0. The Morgan fingerprint density at radius 1 is 1.23 bits per heavy atom. The average Bonchev–Trinajstić information content (AvgIpc) is 3.38.